The fraction of sp³-hybridized carbons (Fsp3) is 0.556. The number of carbonyl (C=O) groups excluding carboxylic acids is 2. The Morgan fingerprint density at radius 1 is 1.22 bits per heavy atom. The first-order valence-electron chi connectivity index (χ1n) is 8.87. The minimum atomic E-state index is -3.81. The van der Waals surface area contributed by atoms with E-state index in [9.17, 15) is 18.0 Å². The van der Waals surface area contributed by atoms with Crippen LogP contribution in [0.25, 0.3) is 0 Å². The zero-order valence-electron chi connectivity index (χ0n) is 15.6. The molecule has 1 heterocycles. The van der Waals surface area contributed by atoms with E-state index in [0.29, 0.717) is 26.0 Å². The highest BCUT2D eigenvalue weighted by atomic mass is 32.2. The van der Waals surface area contributed by atoms with Gasteiger partial charge in [0.1, 0.15) is 6.04 Å². The Balaban J connectivity index is 2.04. The molecule has 1 N–H and O–H groups in total. The molecular formula is C18H26N2O6S. The van der Waals surface area contributed by atoms with Crippen LogP contribution in [0, 0.1) is 6.92 Å². The number of hydrogen-bond acceptors (Lipinski definition) is 6. The molecule has 1 aromatic rings. The maximum atomic E-state index is 13.0. The molecular weight excluding hydrogens is 372 g/mol. The van der Waals surface area contributed by atoms with Gasteiger partial charge in [-0.05, 0) is 38.3 Å². The molecule has 1 aliphatic rings. The number of nitrogens with one attached hydrogen (secondary N) is 1. The number of piperidine rings is 1. The second-order valence-electron chi connectivity index (χ2n) is 6.39. The van der Waals surface area contributed by atoms with Crippen LogP contribution in [0.5, 0.6) is 0 Å². The summed E-state index contributed by atoms with van der Waals surface area (Å²) in [5.41, 5.74) is 0.947. The van der Waals surface area contributed by atoms with Crippen LogP contribution in [0.3, 0.4) is 0 Å². The Labute approximate surface area is 159 Å². The number of ether oxygens (including phenoxy) is 2. The van der Waals surface area contributed by atoms with Crippen LogP contribution in [0.1, 0.15) is 24.8 Å². The van der Waals surface area contributed by atoms with Crippen molar-refractivity contribution in [3.05, 3.63) is 29.8 Å². The van der Waals surface area contributed by atoms with Crippen LogP contribution in [0.2, 0.25) is 0 Å². The van der Waals surface area contributed by atoms with E-state index in [-0.39, 0.29) is 11.4 Å². The van der Waals surface area contributed by atoms with Gasteiger partial charge in [-0.25, -0.2) is 8.42 Å². The zero-order chi connectivity index (χ0) is 19.9. The van der Waals surface area contributed by atoms with Crippen molar-refractivity contribution in [2.24, 2.45) is 0 Å². The third-order valence-electron chi connectivity index (χ3n) is 4.33. The zero-order valence-corrected chi connectivity index (χ0v) is 16.5. The van der Waals surface area contributed by atoms with Crippen LogP contribution in [0.4, 0.5) is 0 Å². The van der Waals surface area contributed by atoms with Crippen LogP contribution in [-0.2, 0) is 29.1 Å². The Hall–Kier alpha value is -1.97. The predicted octanol–water partition coefficient (Wildman–Crippen LogP) is 0.844. The van der Waals surface area contributed by atoms with Gasteiger partial charge in [0, 0.05) is 20.2 Å². The summed E-state index contributed by atoms with van der Waals surface area (Å²) in [6.45, 7) is 2.33. The van der Waals surface area contributed by atoms with Gasteiger partial charge in [-0.3, -0.25) is 9.59 Å². The van der Waals surface area contributed by atoms with E-state index in [2.05, 4.69) is 5.32 Å². The molecule has 8 nitrogen and oxygen atoms in total. The molecule has 0 aromatic heterocycles. The lowest BCUT2D eigenvalue weighted by molar-refractivity contribution is -0.153. The molecule has 2 rings (SSSR count). The van der Waals surface area contributed by atoms with Gasteiger partial charge < -0.3 is 14.8 Å². The van der Waals surface area contributed by atoms with Crippen molar-refractivity contribution in [3.63, 3.8) is 0 Å². The number of esters is 1. The van der Waals surface area contributed by atoms with Crippen LogP contribution in [-0.4, -0.2) is 64.1 Å². The molecule has 9 heteroatoms. The molecule has 0 unspecified atom stereocenters. The first-order valence-corrected chi connectivity index (χ1v) is 10.3. The largest absolute Gasteiger partial charge is 0.454 e. The van der Waals surface area contributed by atoms with E-state index in [1.54, 1.807) is 12.1 Å². The van der Waals surface area contributed by atoms with Crippen molar-refractivity contribution in [1.82, 2.24) is 9.62 Å². The first-order chi connectivity index (χ1) is 12.9. The lowest BCUT2D eigenvalue weighted by Crippen LogP contribution is -2.49. The van der Waals surface area contributed by atoms with E-state index < -0.39 is 34.5 Å². The minimum absolute atomic E-state index is 0.144. The molecule has 27 heavy (non-hydrogen) atoms. The van der Waals surface area contributed by atoms with Crippen molar-refractivity contribution in [2.45, 2.75) is 37.1 Å². The molecule has 1 fully saturated rings. The van der Waals surface area contributed by atoms with Gasteiger partial charge in [-0.2, -0.15) is 4.31 Å². The van der Waals surface area contributed by atoms with Gasteiger partial charge in [0.2, 0.25) is 10.0 Å². The number of nitrogens with zero attached hydrogens (tertiary/aromatic N) is 1. The number of methoxy groups -OCH3 is 1. The number of benzene rings is 1. The second-order valence-corrected chi connectivity index (χ2v) is 8.28. The molecule has 0 spiro atoms. The van der Waals surface area contributed by atoms with Gasteiger partial charge in [-0.15, -0.1) is 0 Å². The average molecular weight is 398 g/mol. The second kappa shape index (κ2) is 9.82. The fourth-order valence-electron chi connectivity index (χ4n) is 2.85. The lowest BCUT2D eigenvalue weighted by Gasteiger charge is -2.33. The Morgan fingerprint density at radius 2 is 1.93 bits per heavy atom. The minimum Gasteiger partial charge on any atom is -0.454 e. The maximum Gasteiger partial charge on any atom is 0.324 e. The van der Waals surface area contributed by atoms with E-state index in [0.717, 1.165) is 12.0 Å². The number of sulfonamides is 1. The SMILES string of the molecule is COCCNC(=O)COC(=O)[C@@H]1CCCCN1S(=O)(=O)c1ccc(C)cc1. The molecule has 1 saturated heterocycles. The summed E-state index contributed by atoms with van der Waals surface area (Å²) < 4.78 is 37.0. The van der Waals surface area contributed by atoms with Crippen LogP contribution >= 0.6 is 0 Å². The summed E-state index contributed by atoms with van der Waals surface area (Å²) >= 11 is 0. The van der Waals surface area contributed by atoms with E-state index >= 15 is 0 Å². The maximum absolute atomic E-state index is 13.0. The van der Waals surface area contributed by atoms with Gasteiger partial charge in [0.25, 0.3) is 5.91 Å². The van der Waals surface area contributed by atoms with Gasteiger partial charge in [0.05, 0.1) is 11.5 Å². The molecule has 0 bridgehead atoms. The van der Waals surface area contributed by atoms with Gasteiger partial charge in [0.15, 0.2) is 6.61 Å². The van der Waals surface area contributed by atoms with E-state index in [1.165, 1.54) is 23.5 Å². The van der Waals surface area contributed by atoms with Crippen molar-refractivity contribution in [1.29, 1.82) is 0 Å². The number of aryl methyl sites for hydroxylation is 1. The third kappa shape index (κ3) is 5.75. The van der Waals surface area contributed by atoms with Crippen LogP contribution in [0.15, 0.2) is 29.2 Å². The predicted molar refractivity (Wildman–Crippen MR) is 98.6 cm³/mol. The summed E-state index contributed by atoms with van der Waals surface area (Å²) in [5.74, 6) is -1.16. The van der Waals surface area contributed by atoms with Crippen molar-refractivity contribution in [2.75, 3.05) is 33.4 Å². The van der Waals surface area contributed by atoms with Crippen molar-refractivity contribution in [3.8, 4) is 0 Å². The fourth-order valence-corrected chi connectivity index (χ4v) is 4.50. The average Bonchev–Trinajstić information content (AvgIpc) is 2.66. The normalized spacial score (nSPS) is 18.1. The highest BCUT2D eigenvalue weighted by Crippen LogP contribution is 2.26. The molecule has 1 amide bonds. The summed E-state index contributed by atoms with van der Waals surface area (Å²) in [6, 6.07) is 5.58. The number of rotatable bonds is 8. The molecule has 1 aliphatic heterocycles. The quantitative estimate of drug-likeness (QED) is 0.514. The molecule has 150 valence electrons. The number of hydrogen-bond donors (Lipinski definition) is 1. The summed E-state index contributed by atoms with van der Waals surface area (Å²) in [5, 5.41) is 2.54. The highest BCUT2D eigenvalue weighted by Gasteiger charge is 2.38. The van der Waals surface area contributed by atoms with E-state index in [4.69, 9.17) is 9.47 Å². The topological polar surface area (TPSA) is 102 Å². The Morgan fingerprint density at radius 3 is 2.59 bits per heavy atom. The summed E-state index contributed by atoms with van der Waals surface area (Å²) in [4.78, 5) is 24.2. The Kier molecular flexibility index (Phi) is 7.76. The Bertz CT molecular complexity index is 748. The first kappa shape index (κ1) is 21.3. The third-order valence-corrected chi connectivity index (χ3v) is 6.25. The molecule has 1 aromatic carbocycles. The van der Waals surface area contributed by atoms with E-state index in [1.807, 2.05) is 6.92 Å². The smallest absolute Gasteiger partial charge is 0.324 e. The van der Waals surface area contributed by atoms with Crippen molar-refractivity contribution >= 4 is 21.9 Å². The summed E-state index contributed by atoms with van der Waals surface area (Å²) in [6.07, 6.45) is 1.77. The molecule has 0 aliphatic carbocycles. The summed E-state index contributed by atoms with van der Waals surface area (Å²) in [7, 11) is -2.30. The van der Waals surface area contributed by atoms with Gasteiger partial charge >= 0.3 is 5.97 Å². The van der Waals surface area contributed by atoms with Gasteiger partial charge in [-0.1, -0.05) is 17.7 Å². The molecule has 1 atom stereocenters. The lowest BCUT2D eigenvalue weighted by atomic mass is 10.1. The standard InChI is InChI=1S/C18H26N2O6S/c1-14-6-8-15(9-7-14)27(23,24)20-11-4-3-5-16(20)18(22)26-13-17(21)19-10-12-25-2/h6-9,16H,3-5,10-13H2,1-2H3,(H,19,21)/t16-/m0/s1. The number of carbonyl (C=O) groups is 2. The highest BCUT2D eigenvalue weighted by molar-refractivity contribution is 7.89. The molecule has 0 saturated carbocycles. The van der Waals surface area contributed by atoms with Crippen molar-refractivity contribution < 1.29 is 27.5 Å². The number of amides is 1. The monoisotopic (exact) mass is 398 g/mol. The van der Waals surface area contributed by atoms with Crippen LogP contribution < -0.4 is 5.32 Å². The molecule has 0 radical (unpaired) electrons.